The lowest BCUT2D eigenvalue weighted by molar-refractivity contribution is -0.134. The molecule has 17 heavy (non-hydrogen) atoms. The average molecular weight is 246 g/mol. The summed E-state index contributed by atoms with van der Waals surface area (Å²) in [4.78, 5) is 19.1. The highest BCUT2D eigenvalue weighted by Crippen LogP contribution is 1.91. The Bertz CT molecular complexity index is 201. The van der Waals surface area contributed by atoms with Crippen molar-refractivity contribution in [2.24, 2.45) is 0 Å². The highest BCUT2D eigenvalue weighted by Gasteiger charge is 1.88. The molecule has 0 aromatic carbocycles. The number of hydrogen-bond acceptors (Lipinski definition) is 3. The van der Waals surface area contributed by atoms with Crippen LogP contribution in [-0.2, 0) is 14.3 Å². The van der Waals surface area contributed by atoms with Crippen molar-refractivity contribution in [2.75, 3.05) is 13.2 Å². The van der Waals surface area contributed by atoms with Gasteiger partial charge in [0, 0.05) is 25.4 Å². The van der Waals surface area contributed by atoms with E-state index in [0.717, 1.165) is 13.2 Å². The highest BCUT2D eigenvalue weighted by molar-refractivity contribution is 5.89. The van der Waals surface area contributed by atoms with E-state index in [9.17, 15) is 9.59 Å². The third kappa shape index (κ3) is 25.2. The van der Waals surface area contributed by atoms with Crippen LogP contribution in [0.15, 0.2) is 12.2 Å². The fourth-order valence-corrected chi connectivity index (χ4v) is 0.737. The second kappa shape index (κ2) is 14.6. The predicted octanol–water partition coefficient (Wildman–Crippen LogP) is 2.32. The van der Waals surface area contributed by atoms with Gasteiger partial charge in [0.2, 0.25) is 0 Å². The Kier molecular flexibility index (Phi) is 15.5. The first kappa shape index (κ1) is 18.0. The molecule has 0 bridgehead atoms. The van der Waals surface area contributed by atoms with E-state index >= 15 is 0 Å². The molecule has 0 unspecified atom stereocenters. The van der Waals surface area contributed by atoms with Gasteiger partial charge in [-0.3, -0.25) is 0 Å². The molecule has 0 heterocycles. The molecule has 0 aromatic heterocycles. The molecule has 0 amide bonds. The smallest absolute Gasteiger partial charge is 0.328 e. The van der Waals surface area contributed by atoms with Gasteiger partial charge < -0.3 is 14.9 Å². The van der Waals surface area contributed by atoms with E-state index in [4.69, 9.17) is 14.9 Å². The molecule has 0 aliphatic carbocycles. The summed E-state index contributed by atoms with van der Waals surface area (Å²) in [6.07, 6.45) is 6.02. The zero-order valence-corrected chi connectivity index (χ0v) is 10.5. The van der Waals surface area contributed by atoms with E-state index in [0.29, 0.717) is 12.2 Å². The van der Waals surface area contributed by atoms with Crippen molar-refractivity contribution < 1.29 is 24.5 Å². The van der Waals surface area contributed by atoms with Gasteiger partial charge in [0.25, 0.3) is 0 Å². The number of aliphatic carboxylic acids is 2. The number of unbranched alkanes of at least 4 members (excludes halogenated alkanes) is 2. The van der Waals surface area contributed by atoms with Crippen LogP contribution >= 0.6 is 0 Å². The maximum atomic E-state index is 9.55. The normalized spacial score (nSPS) is 9.76. The number of rotatable bonds is 8. The van der Waals surface area contributed by atoms with Crippen LogP contribution in [0, 0.1) is 0 Å². The molecule has 5 heteroatoms. The Morgan fingerprint density at radius 3 is 1.53 bits per heavy atom. The van der Waals surface area contributed by atoms with Crippen LogP contribution in [0.3, 0.4) is 0 Å². The van der Waals surface area contributed by atoms with Crippen LogP contribution in [0.5, 0.6) is 0 Å². The number of ether oxygens (including phenoxy) is 1. The lowest BCUT2D eigenvalue weighted by Gasteiger charge is -1.99. The maximum absolute atomic E-state index is 9.55. The summed E-state index contributed by atoms with van der Waals surface area (Å²) >= 11 is 0. The van der Waals surface area contributed by atoms with Crippen molar-refractivity contribution in [1.82, 2.24) is 0 Å². The lowest BCUT2D eigenvalue weighted by Crippen LogP contribution is -1.95. The third-order valence-corrected chi connectivity index (χ3v) is 1.65. The van der Waals surface area contributed by atoms with Crippen LogP contribution < -0.4 is 0 Å². The van der Waals surface area contributed by atoms with Gasteiger partial charge in [-0.2, -0.15) is 0 Å². The van der Waals surface area contributed by atoms with Gasteiger partial charge in [-0.15, -0.1) is 0 Å². The zero-order valence-electron chi connectivity index (χ0n) is 10.5. The average Bonchev–Trinajstić information content (AvgIpc) is 2.27. The molecule has 5 nitrogen and oxygen atoms in total. The molecule has 0 aromatic rings. The number of carbonyl (C=O) groups is 2. The number of hydrogen-bond donors (Lipinski definition) is 2. The van der Waals surface area contributed by atoms with E-state index in [1.165, 1.54) is 25.7 Å². The van der Waals surface area contributed by atoms with Gasteiger partial charge in [0.15, 0.2) is 0 Å². The van der Waals surface area contributed by atoms with Crippen LogP contribution in [0.1, 0.15) is 39.5 Å². The van der Waals surface area contributed by atoms with E-state index < -0.39 is 11.9 Å². The molecule has 0 atom stereocenters. The van der Waals surface area contributed by atoms with Crippen molar-refractivity contribution in [2.45, 2.75) is 39.5 Å². The number of carboxylic acid groups (broad SMARTS) is 2. The first-order chi connectivity index (χ1) is 8.04. The fraction of sp³-hybridized carbons (Fsp3) is 0.667. The largest absolute Gasteiger partial charge is 0.478 e. The van der Waals surface area contributed by atoms with Gasteiger partial charge in [0.05, 0.1) is 0 Å². The van der Waals surface area contributed by atoms with Crippen LogP contribution in [0.2, 0.25) is 0 Å². The van der Waals surface area contributed by atoms with Crippen LogP contribution in [0.4, 0.5) is 0 Å². The Morgan fingerprint density at radius 2 is 1.29 bits per heavy atom. The van der Waals surface area contributed by atoms with Crippen molar-refractivity contribution >= 4 is 11.9 Å². The van der Waals surface area contributed by atoms with Crippen molar-refractivity contribution in [3.63, 3.8) is 0 Å². The lowest BCUT2D eigenvalue weighted by atomic mass is 10.3. The molecular weight excluding hydrogens is 224 g/mol. The maximum Gasteiger partial charge on any atom is 0.328 e. The molecule has 0 saturated heterocycles. The minimum Gasteiger partial charge on any atom is -0.478 e. The molecule has 0 fully saturated rings. The van der Waals surface area contributed by atoms with Crippen LogP contribution in [-0.4, -0.2) is 35.4 Å². The van der Waals surface area contributed by atoms with Gasteiger partial charge >= 0.3 is 11.9 Å². The number of carboxylic acids is 2. The van der Waals surface area contributed by atoms with Crippen molar-refractivity contribution in [1.29, 1.82) is 0 Å². The first-order valence-electron chi connectivity index (χ1n) is 5.76. The van der Waals surface area contributed by atoms with Crippen molar-refractivity contribution in [3.8, 4) is 0 Å². The molecule has 0 saturated carbocycles. The minimum absolute atomic E-state index is 0.558. The van der Waals surface area contributed by atoms with E-state index in [2.05, 4.69) is 13.8 Å². The van der Waals surface area contributed by atoms with E-state index in [-0.39, 0.29) is 0 Å². The zero-order chi connectivity index (χ0) is 13.5. The highest BCUT2D eigenvalue weighted by atomic mass is 16.5. The summed E-state index contributed by atoms with van der Waals surface area (Å²) in [5.74, 6) is -2.51. The molecule has 0 spiro atoms. The van der Waals surface area contributed by atoms with Gasteiger partial charge in [-0.1, -0.05) is 26.7 Å². The SMILES string of the molecule is CCCCOCCCC.O=C(O)C=CC(=O)O. The molecule has 0 aliphatic heterocycles. The molecule has 0 aliphatic rings. The Labute approximate surface area is 102 Å². The quantitative estimate of drug-likeness (QED) is 0.507. The summed E-state index contributed by atoms with van der Waals surface area (Å²) in [5, 5.41) is 15.6. The topological polar surface area (TPSA) is 83.8 Å². The second-order valence-electron chi connectivity index (χ2n) is 3.33. The summed E-state index contributed by atoms with van der Waals surface area (Å²) in [6, 6.07) is 0. The summed E-state index contributed by atoms with van der Waals surface area (Å²) in [5.41, 5.74) is 0. The third-order valence-electron chi connectivity index (χ3n) is 1.65. The fourth-order valence-electron chi connectivity index (χ4n) is 0.737. The Balaban J connectivity index is 0. The molecule has 0 radical (unpaired) electrons. The molecule has 0 rings (SSSR count). The molecule has 2 N–H and O–H groups in total. The van der Waals surface area contributed by atoms with Gasteiger partial charge in [-0.05, 0) is 12.8 Å². The summed E-state index contributed by atoms with van der Waals surface area (Å²) in [6.45, 7) is 6.28. The second-order valence-corrected chi connectivity index (χ2v) is 3.33. The van der Waals surface area contributed by atoms with E-state index in [1.807, 2.05) is 0 Å². The Hall–Kier alpha value is -1.36. The predicted molar refractivity (Wildman–Crippen MR) is 65.0 cm³/mol. The van der Waals surface area contributed by atoms with E-state index in [1.54, 1.807) is 0 Å². The first-order valence-corrected chi connectivity index (χ1v) is 5.76. The summed E-state index contributed by atoms with van der Waals surface area (Å²) in [7, 11) is 0. The standard InChI is InChI=1S/C8H18O.C4H4O4/c1-3-5-7-9-8-6-4-2;5-3(6)1-2-4(7)8/h3-8H2,1-2H3;1-2H,(H,5,6)(H,7,8). The molecular formula is C12H22O5. The van der Waals surface area contributed by atoms with Crippen molar-refractivity contribution in [3.05, 3.63) is 12.2 Å². The molecule has 100 valence electrons. The van der Waals surface area contributed by atoms with Crippen LogP contribution in [0.25, 0.3) is 0 Å². The monoisotopic (exact) mass is 246 g/mol. The van der Waals surface area contributed by atoms with Gasteiger partial charge in [-0.25, -0.2) is 9.59 Å². The Morgan fingerprint density at radius 1 is 0.941 bits per heavy atom. The minimum atomic E-state index is -1.26. The summed E-state index contributed by atoms with van der Waals surface area (Å²) < 4.78 is 5.31. The van der Waals surface area contributed by atoms with Gasteiger partial charge in [0.1, 0.15) is 0 Å².